The third-order valence-corrected chi connectivity index (χ3v) is 3.76. The van der Waals surface area contributed by atoms with E-state index in [0.29, 0.717) is 18.2 Å². The Morgan fingerprint density at radius 2 is 1.77 bits per heavy atom. The molecule has 26 heavy (non-hydrogen) atoms. The number of carbonyl (C=O) groups is 1. The summed E-state index contributed by atoms with van der Waals surface area (Å²) >= 11 is 0. The van der Waals surface area contributed by atoms with Crippen LogP contribution < -0.4 is 10.6 Å². The molecule has 6 heteroatoms. The molecule has 0 aliphatic rings. The summed E-state index contributed by atoms with van der Waals surface area (Å²) in [5, 5.41) is 5.81. The van der Waals surface area contributed by atoms with Crippen LogP contribution >= 0.6 is 0 Å². The van der Waals surface area contributed by atoms with Crippen molar-refractivity contribution in [1.29, 1.82) is 0 Å². The lowest BCUT2D eigenvalue weighted by Gasteiger charge is -2.07. The Bertz CT molecular complexity index is 853. The lowest BCUT2D eigenvalue weighted by atomic mass is 10.1. The molecule has 0 bridgehead atoms. The molecule has 0 aliphatic carbocycles. The summed E-state index contributed by atoms with van der Waals surface area (Å²) in [4.78, 5) is 20.6. The van der Waals surface area contributed by atoms with Crippen molar-refractivity contribution in [2.45, 2.75) is 12.8 Å². The Morgan fingerprint density at radius 1 is 1.00 bits per heavy atom. The molecule has 3 rings (SSSR count). The summed E-state index contributed by atoms with van der Waals surface area (Å²) in [6.07, 6.45) is 3.42. The second-order valence-electron chi connectivity index (χ2n) is 5.74. The van der Waals surface area contributed by atoms with Crippen LogP contribution in [0.25, 0.3) is 0 Å². The molecule has 5 nitrogen and oxygen atoms in total. The topological polar surface area (TPSA) is 66.9 Å². The molecular formula is C20H19FN4O. The predicted molar refractivity (Wildman–Crippen MR) is 99.6 cm³/mol. The first kappa shape index (κ1) is 17.5. The summed E-state index contributed by atoms with van der Waals surface area (Å²) in [7, 11) is 0. The van der Waals surface area contributed by atoms with E-state index in [1.807, 2.05) is 18.2 Å². The van der Waals surface area contributed by atoms with Gasteiger partial charge in [-0.15, -0.1) is 0 Å². The molecule has 0 saturated heterocycles. The molecule has 2 N–H and O–H groups in total. The van der Waals surface area contributed by atoms with E-state index in [4.69, 9.17) is 0 Å². The fourth-order valence-corrected chi connectivity index (χ4v) is 2.44. The van der Waals surface area contributed by atoms with Gasteiger partial charge in [0.25, 0.3) is 5.91 Å². The van der Waals surface area contributed by atoms with Crippen molar-refractivity contribution >= 4 is 17.5 Å². The van der Waals surface area contributed by atoms with Gasteiger partial charge in [0, 0.05) is 18.4 Å². The van der Waals surface area contributed by atoms with Crippen molar-refractivity contribution in [3.63, 3.8) is 0 Å². The van der Waals surface area contributed by atoms with E-state index in [2.05, 4.69) is 32.7 Å². The number of aromatic nitrogens is 2. The van der Waals surface area contributed by atoms with Gasteiger partial charge < -0.3 is 10.6 Å². The van der Waals surface area contributed by atoms with Crippen LogP contribution in [0.4, 0.5) is 16.0 Å². The zero-order chi connectivity index (χ0) is 18.2. The third kappa shape index (κ3) is 5.11. The van der Waals surface area contributed by atoms with Crippen LogP contribution in [0.1, 0.15) is 22.5 Å². The molecule has 132 valence electrons. The fourth-order valence-electron chi connectivity index (χ4n) is 2.44. The van der Waals surface area contributed by atoms with Crippen LogP contribution in [0.2, 0.25) is 0 Å². The third-order valence-electron chi connectivity index (χ3n) is 3.76. The monoisotopic (exact) mass is 350 g/mol. The molecule has 3 aromatic rings. The first-order chi connectivity index (χ1) is 12.7. The lowest BCUT2D eigenvalue weighted by molar-refractivity contribution is 0.102. The van der Waals surface area contributed by atoms with Gasteiger partial charge in [-0.05, 0) is 48.7 Å². The number of anilines is 2. The van der Waals surface area contributed by atoms with Gasteiger partial charge in [0.15, 0.2) is 0 Å². The Balaban J connectivity index is 1.52. The van der Waals surface area contributed by atoms with Gasteiger partial charge in [-0.25, -0.2) is 14.4 Å². The van der Waals surface area contributed by atoms with Crippen LogP contribution in [-0.4, -0.2) is 22.4 Å². The van der Waals surface area contributed by atoms with E-state index in [-0.39, 0.29) is 17.4 Å². The molecule has 1 heterocycles. The number of aryl methyl sites for hydroxylation is 1. The highest BCUT2D eigenvalue weighted by Gasteiger charge is 2.09. The van der Waals surface area contributed by atoms with Crippen molar-refractivity contribution in [2.24, 2.45) is 0 Å². The molecule has 2 aromatic carbocycles. The molecular weight excluding hydrogens is 331 g/mol. The lowest BCUT2D eigenvalue weighted by Crippen LogP contribution is -2.15. The largest absolute Gasteiger partial charge is 0.354 e. The minimum atomic E-state index is -0.369. The second-order valence-corrected chi connectivity index (χ2v) is 5.74. The second kappa shape index (κ2) is 8.71. The van der Waals surface area contributed by atoms with Crippen molar-refractivity contribution in [3.05, 3.63) is 83.9 Å². The van der Waals surface area contributed by atoms with Crippen LogP contribution in [0, 0.1) is 5.82 Å². The number of benzene rings is 2. The maximum atomic E-state index is 12.9. The molecule has 0 aliphatic heterocycles. The zero-order valence-corrected chi connectivity index (χ0v) is 14.2. The average molecular weight is 350 g/mol. The van der Waals surface area contributed by atoms with Gasteiger partial charge in [-0.3, -0.25) is 4.79 Å². The van der Waals surface area contributed by atoms with E-state index >= 15 is 0 Å². The maximum Gasteiger partial charge on any atom is 0.274 e. The van der Waals surface area contributed by atoms with Gasteiger partial charge in [-0.2, -0.15) is 0 Å². The average Bonchev–Trinajstić information content (AvgIpc) is 2.68. The maximum absolute atomic E-state index is 12.9. The minimum absolute atomic E-state index is 0.245. The van der Waals surface area contributed by atoms with Crippen LogP contribution in [-0.2, 0) is 6.42 Å². The molecule has 0 saturated carbocycles. The van der Waals surface area contributed by atoms with Crippen molar-refractivity contribution in [2.75, 3.05) is 17.2 Å². The SMILES string of the molecule is O=C(Nc1ccc(F)cc1)c1ccnc(NCCCc2ccccc2)n1. The van der Waals surface area contributed by atoms with Gasteiger partial charge in [0.1, 0.15) is 11.5 Å². The van der Waals surface area contributed by atoms with Gasteiger partial charge in [0.05, 0.1) is 0 Å². The first-order valence-corrected chi connectivity index (χ1v) is 8.38. The quantitative estimate of drug-likeness (QED) is 0.634. The van der Waals surface area contributed by atoms with Crippen molar-refractivity contribution in [3.8, 4) is 0 Å². The Labute approximate surface area is 151 Å². The van der Waals surface area contributed by atoms with E-state index in [1.54, 1.807) is 0 Å². The molecule has 0 unspecified atom stereocenters. The normalized spacial score (nSPS) is 10.3. The van der Waals surface area contributed by atoms with Gasteiger partial charge >= 0.3 is 0 Å². The number of halogens is 1. The number of carbonyl (C=O) groups excluding carboxylic acids is 1. The van der Waals surface area contributed by atoms with Gasteiger partial charge in [0.2, 0.25) is 5.95 Å². The number of hydrogen-bond acceptors (Lipinski definition) is 4. The first-order valence-electron chi connectivity index (χ1n) is 8.38. The number of nitrogens with one attached hydrogen (secondary N) is 2. The summed E-state index contributed by atoms with van der Waals surface area (Å²) in [6, 6.07) is 17.3. The molecule has 1 aromatic heterocycles. The van der Waals surface area contributed by atoms with Crippen LogP contribution in [0.3, 0.4) is 0 Å². The van der Waals surface area contributed by atoms with E-state index in [0.717, 1.165) is 12.8 Å². The summed E-state index contributed by atoms with van der Waals surface area (Å²) in [5.74, 6) is -0.316. The molecule has 0 spiro atoms. The summed E-state index contributed by atoms with van der Waals surface area (Å²) < 4.78 is 12.9. The summed E-state index contributed by atoms with van der Waals surface area (Å²) in [6.45, 7) is 0.706. The standard InChI is InChI=1S/C20H19FN4O/c21-16-8-10-17(11-9-16)24-19(26)18-12-14-23-20(25-18)22-13-4-7-15-5-2-1-3-6-15/h1-3,5-6,8-12,14H,4,7,13H2,(H,24,26)(H,22,23,25). The Kier molecular flexibility index (Phi) is 5.88. The van der Waals surface area contributed by atoms with E-state index < -0.39 is 0 Å². The number of hydrogen-bond donors (Lipinski definition) is 2. The summed E-state index contributed by atoms with van der Waals surface area (Å²) in [5.41, 5.74) is 2.03. The smallest absolute Gasteiger partial charge is 0.274 e. The Hall–Kier alpha value is -3.28. The van der Waals surface area contributed by atoms with Crippen LogP contribution in [0.15, 0.2) is 66.9 Å². The minimum Gasteiger partial charge on any atom is -0.354 e. The highest BCUT2D eigenvalue weighted by atomic mass is 19.1. The van der Waals surface area contributed by atoms with Crippen molar-refractivity contribution < 1.29 is 9.18 Å². The molecule has 0 atom stereocenters. The van der Waals surface area contributed by atoms with Gasteiger partial charge in [-0.1, -0.05) is 30.3 Å². The highest BCUT2D eigenvalue weighted by Crippen LogP contribution is 2.10. The fraction of sp³-hybridized carbons (Fsp3) is 0.150. The molecule has 0 radical (unpaired) electrons. The predicted octanol–water partition coefficient (Wildman–Crippen LogP) is 3.91. The number of rotatable bonds is 7. The Morgan fingerprint density at radius 3 is 2.54 bits per heavy atom. The molecule has 0 fully saturated rings. The highest BCUT2D eigenvalue weighted by molar-refractivity contribution is 6.02. The number of nitrogens with zero attached hydrogens (tertiary/aromatic N) is 2. The number of amides is 1. The molecule has 1 amide bonds. The zero-order valence-electron chi connectivity index (χ0n) is 14.2. The van der Waals surface area contributed by atoms with Crippen molar-refractivity contribution in [1.82, 2.24) is 9.97 Å². The van der Waals surface area contributed by atoms with E-state index in [9.17, 15) is 9.18 Å². The van der Waals surface area contributed by atoms with Crippen LogP contribution in [0.5, 0.6) is 0 Å². The van der Waals surface area contributed by atoms with E-state index in [1.165, 1.54) is 42.1 Å².